The molecule has 0 saturated carbocycles. The van der Waals surface area contributed by atoms with Gasteiger partial charge in [-0.15, -0.1) is 0 Å². The number of hydrogen-bond donors (Lipinski definition) is 0. The molecule has 0 amide bonds. The highest BCUT2D eigenvalue weighted by atomic mass is 19.4. The van der Waals surface area contributed by atoms with Crippen LogP contribution in [-0.2, 0) is 12.4 Å². The summed E-state index contributed by atoms with van der Waals surface area (Å²) in [5, 5.41) is -0.451. The third kappa shape index (κ3) is 2.55. The summed E-state index contributed by atoms with van der Waals surface area (Å²) >= 11 is 0. The lowest BCUT2D eigenvalue weighted by atomic mass is 10.1. The second kappa shape index (κ2) is 5.19. The summed E-state index contributed by atoms with van der Waals surface area (Å²) < 4.78 is 81.5. The number of alkyl halides is 6. The predicted molar refractivity (Wildman–Crippen MR) is 77.6 cm³/mol. The van der Waals surface area contributed by atoms with Gasteiger partial charge < -0.3 is 0 Å². The molecular formula is C15H7F6N5. The Morgan fingerprint density at radius 1 is 0.923 bits per heavy atom. The van der Waals surface area contributed by atoms with Crippen LogP contribution in [-0.4, -0.2) is 23.9 Å². The van der Waals surface area contributed by atoms with Crippen molar-refractivity contribution in [2.75, 3.05) is 0 Å². The molecule has 0 aliphatic rings. The van der Waals surface area contributed by atoms with Gasteiger partial charge in [-0.2, -0.15) is 26.3 Å². The third-order valence-corrected chi connectivity index (χ3v) is 3.75. The van der Waals surface area contributed by atoms with Gasteiger partial charge >= 0.3 is 12.4 Å². The molecule has 4 aromatic heterocycles. The van der Waals surface area contributed by atoms with Crippen molar-refractivity contribution in [2.45, 2.75) is 12.4 Å². The van der Waals surface area contributed by atoms with Gasteiger partial charge in [0.25, 0.3) is 0 Å². The molecule has 0 aliphatic heterocycles. The van der Waals surface area contributed by atoms with E-state index >= 15 is 0 Å². The molecule has 26 heavy (non-hydrogen) atoms. The number of nitrogens with zero attached hydrogens (tertiary/aromatic N) is 5. The molecule has 4 heterocycles. The minimum Gasteiger partial charge on any atom is -0.289 e. The Labute approximate surface area is 140 Å². The van der Waals surface area contributed by atoms with E-state index in [4.69, 9.17) is 0 Å². The van der Waals surface area contributed by atoms with E-state index in [1.54, 1.807) is 6.20 Å². The van der Waals surface area contributed by atoms with Crippen LogP contribution in [0.25, 0.3) is 22.5 Å². The van der Waals surface area contributed by atoms with Gasteiger partial charge in [0.2, 0.25) is 0 Å². The van der Waals surface area contributed by atoms with Crippen molar-refractivity contribution >= 4 is 16.7 Å². The highest BCUT2D eigenvalue weighted by Gasteiger charge is 2.39. The lowest BCUT2D eigenvalue weighted by Gasteiger charge is -2.14. The fourth-order valence-corrected chi connectivity index (χ4v) is 2.62. The number of pyridine rings is 2. The van der Waals surface area contributed by atoms with Crippen molar-refractivity contribution in [2.24, 2.45) is 0 Å². The number of fused-ring (bicyclic) bond motifs is 3. The zero-order valence-electron chi connectivity index (χ0n) is 12.5. The molecule has 4 rings (SSSR count). The van der Waals surface area contributed by atoms with E-state index in [-0.39, 0.29) is 17.5 Å². The Kier molecular flexibility index (Phi) is 3.27. The van der Waals surface area contributed by atoms with Gasteiger partial charge in [-0.25, -0.2) is 15.0 Å². The number of halogens is 6. The molecule has 0 radical (unpaired) electrons. The maximum atomic E-state index is 13.3. The second-order valence-corrected chi connectivity index (χ2v) is 5.42. The quantitative estimate of drug-likeness (QED) is 0.473. The first kappa shape index (κ1) is 16.4. The minimum absolute atomic E-state index is 0.0157. The summed E-state index contributed by atoms with van der Waals surface area (Å²) in [5.74, 6) is 0.280. The van der Waals surface area contributed by atoms with Crippen molar-refractivity contribution in [1.29, 1.82) is 0 Å². The molecule has 5 nitrogen and oxygen atoms in total. The Morgan fingerprint density at radius 2 is 1.69 bits per heavy atom. The van der Waals surface area contributed by atoms with Gasteiger partial charge in [-0.05, 0) is 18.2 Å². The normalized spacial score (nSPS) is 13.0. The predicted octanol–water partition coefficient (Wildman–Crippen LogP) is 4.11. The SMILES string of the molecule is FC(F)(F)c1cc(C(F)(F)F)c2ccc3nc(-n4ccnc4)cn3c2n1. The van der Waals surface area contributed by atoms with Crippen molar-refractivity contribution in [3.05, 3.63) is 54.4 Å². The van der Waals surface area contributed by atoms with Gasteiger partial charge in [0.1, 0.15) is 23.3 Å². The molecule has 11 heteroatoms. The zero-order chi connectivity index (χ0) is 18.7. The molecular weight excluding hydrogens is 364 g/mol. The molecule has 4 aromatic rings. The fraction of sp³-hybridized carbons (Fsp3) is 0.133. The first-order valence-electron chi connectivity index (χ1n) is 7.10. The maximum absolute atomic E-state index is 13.3. The maximum Gasteiger partial charge on any atom is 0.433 e. The van der Waals surface area contributed by atoms with Crippen LogP contribution in [0.3, 0.4) is 0 Å². The van der Waals surface area contributed by atoms with Crippen molar-refractivity contribution in [3.8, 4) is 5.82 Å². The lowest BCUT2D eigenvalue weighted by molar-refractivity contribution is -0.144. The van der Waals surface area contributed by atoms with Gasteiger partial charge in [-0.1, -0.05) is 0 Å². The van der Waals surface area contributed by atoms with Crippen LogP contribution in [0.1, 0.15) is 11.3 Å². The highest BCUT2D eigenvalue weighted by Crippen LogP contribution is 2.38. The zero-order valence-corrected chi connectivity index (χ0v) is 12.5. The van der Waals surface area contributed by atoms with E-state index in [1.807, 2.05) is 0 Å². The summed E-state index contributed by atoms with van der Waals surface area (Å²) in [6.45, 7) is 0. The summed E-state index contributed by atoms with van der Waals surface area (Å²) in [4.78, 5) is 11.4. The lowest BCUT2D eigenvalue weighted by Crippen LogP contribution is -2.14. The van der Waals surface area contributed by atoms with Crippen LogP contribution >= 0.6 is 0 Å². The molecule has 0 unspecified atom stereocenters. The number of imidazole rings is 2. The molecule has 0 saturated heterocycles. The Morgan fingerprint density at radius 3 is 2.31 bits per heavy atom. The van der Waals surface area contributed by atoms with Gasteiger partial charge in [0, 0.05) is 17.8 Å². The van der Waals surface area contributed by atoms with E-state index < -0.39 is 34.6 Å². The number of rotatable bonds is 1. The topological polar surface area (TPSA) is 48.0 Å². The molecule has 0 bridgehead atoms. The summed E-state index contributed by atoms with van der Waals surface area (Å²) in [5.41, 5.74) is -3.36. The minimum atomic E-state index is -5.02. The molecule has 0 fully saturated rings. The van der Waals surface area contributed by atoms with Gasteiger partial charge in [0.05, 0.1) is 11.8 Å². The molecule has 0 aromatic carbocycles. The third-order valence-electron chi connectivity index (χ3n) is 3.75. The van der Waals surface area contributed by atoms with Gasteiger partial charge in [0.15, 0.2) is 5.82 Å². The monoisotopic (exact) mass is 371 g/mol. The smallest absolute Gasteiger partial charge is 0.289 e. The van der Waals surface area contributed by atoms with E-state index in [0.29, 0.717) is 0 Å². The standard InChI is InChI=1S/C15H7F6N5/c16-14(17,18)9-5-10(15(19,20)21)23-13-8(9)1-2-11-24-12(6-26(11)13)25-4-3-22-7-25/h1-7H. The van der Waals surface area contributed by atoms with Crippen LogP contribution in [0.2, 0.25) is 0 Å². The van der Waals surface area contributed by atoms with Crippen molar-refractivity contribution in [3.63, 3.8) is 0 Å². The molecule has 0 aliphatic carbocycles. The van der Waals surface area contributed by atoms with E-state index in [1.165, 1.54) is 29.4 Å². The number of hydrogen-bond acceptors (Lipinski definition) is 3. The molecule has 0 N–H and O–H groups in total. The second-order valence-electron chi connectivity index (χ2n) is 5.42. The van der Waals surface area contributed by atoms with Crippen LogP contribution in [0.15, 0.2) is 43.1 Å². The van der Waals surface area contributed by atoms with E-state index in [0.717, 1.165) is 10.5 Å². The van der Waals surface area contributed by atoms with Crippen LogP contribution in [0.4, 0.5) is 26.3 Å². The summed E-state index contributed by atoms with van der Waals surface area (Å²) in [7, 11) is 0. The highest BCUT2D eigenvalue weighted by molar-refractivity contribution is 5.83. The molecule has 0 spiro atoms. The largest absolute Gasteiger partial charge is 0.433 e. The van der Waals surface area contributed by atoms with Gasteiger partial charge in [-0.3, -0.25) is 8.97 Å². The summed E-state index contributed by atoms with van der Waals surface area (Å²) in [6, 6.07) is 2.36. The number of aromatic nitrogens is 5. The first-order valence-corrected chi connectivity index (χ1v) is 7.10. The Bertz CT molecular complexity index is 1110. The molecule has 134 valence electrons. The van der Waals surface area contributed by atoms with Crippen molar-refractivity contribution in [1.82, 2.24) is 23.9 Å². The molecule has 0 atom stereocenters. The van der Waals surface area contributed by atoms with Crippen molar-refractivity contribution < 1.29 is 26.3 Å². The van der Waals surface area contributed by atoms with E-state index in [2.05, 4.69) is 15.0 Å². The van der Waals surface area contributed by atoms with Crippen LogP contribution in [0.5, 0.6) is 0 Å². The first-order chi connectivity index (χ1) is 12.1. The van der Waals surface area contributed by atoms with E-state index in [9.17, 15) is 26.3 Å². The average Bonchev–Trinajstić information content (AvgIpc) is 3.20. The average molecular weight is 371 g/mol. The summed E-state index contributed by atoms with van der Waals surface area (Å²) in [6.07, 6.45) is -4.29. The Balaban J connectivity index is 2.09. The van der Waals surface area contributed by atoms with Crippen LogP contribution in [0, 0.1) is 0 Å². The fourth-order valence-electron chi connectivity index (χ4n) is 2.62. The van der Waals surface area contributed by atoms with Crippen LogP contribution < -0.4 is 0 Å². The Hall–Kier alpha value is -3.11.